The molecule has 0 aromatic heterocycles. The van der Waals surface area contributed by atoms with Gasteiger partial charge in [-0.05, 0) is 35.8 Å². The van der Waals surface area contributed by atoms with Crippen LogP contribution in [0.4, 0.5) is 0 Å². The standard InChI is InChI=1S/C9H15ClO/c1-9(2,3)7-4-6(5-7)8(10)11/h6-7H,4-5H2,1-3H3. The predicted molar refractivity (Wildman–Crippen MR) is 46.5 cm³/mol. The Labute approximate surface area is 73.1 Å². The van der Waals surface area contributed by atoms with Crippen LogP contribution in [0.5, 0.6) is 0 Å². The third kappa shape index (κ3) is 1.96. The van der Waals surface area contributed by atoms with Crippen LogP contribution in [0.15, 0.2) is 0 Å². The quantitative estimate of drug-likeness (QED) is 0.559. The fourth-order valence-corrected chi connectivity index (χ4v) is 1.69. The Hall–Kier alpha value is -0.0400. The first kappa shape index (κ1) is 9.05. The number of rotatable bonds is 1. The molecule has 0 unspecified atom stereocenters. The molecule has 2 heteroatoms. The molecule has 1 rings (SSSR count). The summed E-state index contributed by atoms with van der Waals surface area (Å²) < 4.78 is 0. The minimum atomic E-state index is -0.148. The highest BCUT2D eigenvalue weighted by atomic mass is 35.5. The Morgan fingerprint density at radius 1 is 1.36 bits per heavy atom. The van der Waals surface area contributed by atoms with E-state index < -0.39 is 0 Å². The van der Waals surface area contributed by atoms with Crippen LogP contribution in [0.3, 0.4) is 0 Å². The average Bonchev–Trinajstić information content (AvgIpc) is 1.51. The smallest absolute Gasteiger partial charge is 0.224 e. The summed E-state index contributed by atoms with van der Waals surface area (Å²) in [5, 5.41) is -0.148. The van der Waals surface area contributed by atoms with E-state index in [0.29, 0.717) is 11.3 Å². The summed E-state index contributed by atoms with van der Waals surface area (Å²) in [7, 11) is 0. The van der Waals surface area contributed by atoms with Gasteiger partial charge in [0.25, 0.3) is 0 Å². The fourth-order valence-electron chi connectivity index (χ4n) is 1.51. The van der Waals surface area contributed by atoms with Gasteiger partial charge in [-0.1, -0.05) is 20.8 Å². The van der Waals surface area contributed by atoms with Crippen LogP contribution in [-0.4, -0.2) is 5.24 Å². The maximum Gasteiger partial charge on any atom is 0.224 e. The second-order valence-electron chi connectivity index (χ2n) is 4.54. The van der Waals surface area contributed by atoms with Gasteiger partial charge in [-0.15, -0.1) is 0 Å². The van der Waals surface area contributed by atoms with Gasteiger partial charge in [0.05, 0.1) is 0 Å². The molecule has 1 fully saturated rings. The maximum atomic E-state index is 10.7. The summed E-state index contributed by atoms with van der Waals surface area (Å²) in [5.41, 5.74) is 0.350. The van der Waals surface area contributed by atoms with Crippen molar-refractivity contribution < 1.29 is 4.79 Å². The molecule has 0 amide bonds. The van der Waals surface area contributed by atoms with Crippen LogP contribution in [-0.2, 0) is 4.79 Å². The van der Waals surface area contributed by atoms with Gasteiger partial charge in [-0.25, -0.2) is 0 Å². The Balaban J connectivity index is 2.35. The van der Waals surface area contributed by atoms with Crippen molar-refractivity contribution in [2.45, 2.75) is 33.6 Å². The van der Waals surface area contributed by atoms with E-state index in [1.165, 1.54) is 0 Å². The van der Waals surface area contributed by atoms with E-state index in [1.54, 1.807) is 0 Å². The number of halogens is 1. The Bertz CT molecular complexity index is 163. The van der Waals surface area contributed by atoms with Gasteiger partial charge in [-0.3, -0.25) is 4.79 Å². The van der Waals surface area contributed by atoms with E-state index in [0.717, 1.165) is 12.8 Å². The molecule has 0 aliphatic heterocycles. The number of hydrogen-bond donors (Lipinski definition) is 0. The largest absolute Gasteiger partial charge is 0.281 e. The highest BCUT2D eigenvalue weighted by Gasteiger charge is 2.39. The lowest BCUT2D eigenvalue weighted by Gasteiger charge is -2.42. The molecule has 11 heavy (non-hydrogen) atoms. The van der Waals surface area contributed by atoms with Crippen molar-refractivity contribution in [2.24, 2.45) is 17.3 Å². The van der Waals surface area contributed by atoms with Gasteiger partial charge in [0.15, 0.2) is 0 Å². The zero-order valence-corrected chi connectivity index (χ0v) is 8.11. The van der Waals surface area contributed by atoms with Crippen LogP contribution in [0.25, 0.3) is 0 Å². The van der Waals surface area contributed by atoms with Gasteiger partial charge in [0, 0.05) is 5.92 Å². The highest BCUT2D eigenvalue weighted by molar-refractivity contribution is 6.64. The first-order chi connectivity index (χ1) is 4.91. The first-order valence-corrected chi connectivity index (χ1v) is 4.48. The van der Waals surface area contributed by atoms with Crippen LogP contribution < -0.4 is 0 Å². The molecule has 0 N–H and O–H groups in total. The first-order valence-electron chi connectivity index (χ1n) is 4.10. The summed E-state index contributed by atoms with van der Waals surface area (Å²) >= 11 is 5.36. The van der Waals surface area contributed by atoms with Gasteiger partial charge in [-0.2, -0.15) is 0 Å². The number of carbonyl (C=O) groups is 1. The third-order valence-electron chi connectivity index (χ3n) is 2.68. The van der Waals surface area contributed by atoms with Crippen LogP contribution in [0.2, 0.25) is 0 Å². The van der Waals surface area contributed by atoms with E-state index in [9.17, 15) is 4.79 Å². The summed E-state index contributed by atoms with van der Waals surface area (Å²) in [5.74, 6) is 0.844. The summed E-state index contributed by atoms with van der Waals surface area (Å²) in [4.78, 5) is 10.7. The molecule has 0 spiro atoms. The van der Waals surface area contributed by atoms with Crippen molar-refractivity contribution in [1.82, 2.24) is 0 Å². The molecule has 1 nitrogen and oxygen atoms in total. The lowest BCUT2D eigenvalue weighted by atomic mass is 9.63. The lowest BCUT2D eigenvalue weighted by molar-refractivity contribution is -0.120. The Kier molecular flexibility index (Phi) is 2.29. The van der Waals surface area contributed by atoms with E-state index in [4.69, 9.17) is 11.6 Å². The van der Waals surface area contributed by atoms with Crippen molar-refractivity contribution in [1.29, 1.82) is 0 Å². The lowest BCUT2D eigenvalue weighted by Crippen LogP contribution is -2.36. The Morgan fingerprint density at radius 3 is 2.09 bits per heavy atom. The molecule has 1 aliphatic rings. The molecule has 0 saturated heterocycles. The minimum Gasteiger partial charge on any atom is -0.281 e. The molecule has 0 aromatic rings. The van der Waals surface area contributed by atoms with Crippen LogP contribution in [0, 0.1) is 17.3 Å². The predicted octanol–water partition coefficient (Wildman–Crippen LogP) is 2.82. The monoisotopic (exact) mass is 174 g/mol. The molecule has 0 radical (unpaired) electrons. The molecule has 0 bridgehead atoms. The van der Waals surface area contributed by atoms with E-state index in [-0.39, 0.29) is 11.2 Å². The highest BCUT2D eigenvalue weighted by Crippen LogP contribution is 2.45. The normalized spacial score (nSPS) is 31.3. The van der Waals surface area contributed by atoms with Crippen molar-refractivity contribution in [2.75, 3.05) is 0 Å². The fraction of sp³-hybridized carbons (Fsp3) is 0.889. The average molecular weight is 175 g/mol. The second-order valence-corrected chi connectivity index (χ2v) is 4.91. The van der Waals surface area contributed by atoms with Crippen LogP contribution >= 0.6 is 11.6 Å². The topological polar surface area (TPSA) is 17.1 Å². The van der Waals surface area contributed by atoms with Gasteiger partial charge >= 0.3 is 0 Å². The van der Waals surface area contributed by atoms with Crippen molar-refractivity contribution in [3.63, 3.8) is 0 Å². The number of carbonyl (C=O) groups excluding carboxylic acids is 1. The zero-order valence-electron chi connectivity index (χ0n) is 7.36. The van der Waals surface area contributed by atoms with Crippen molar-refractivity contribution in [3.05, 3.63) is 0 Å². The van der Waals surface area contributed by atoms with Gasteiger partial charge < -0.3 is 0 Å². The second kappa shape index (κ2) is 2.78. The van der Waals surface area contributed by atoms with E-state index in [1.807, 2.05) is 0 Å². The molecule has 0 atom stereocenters. The maximum absolute atomic E-state index is 10.7. The molecule has 1 saturated carbocycles. The van der Waals surface area contributed by atoms with Crippen molar-refractivity contribution in [3.8, 4) is 0 Å². The van der Waals surface area contributed by atoms with E-state index in [2.05, 4.69) is 20.8 Å². The Morgan fingerprint density at radius 2 is 1.82 bits per heavy atom. The van der Waals surface area contributed by atoms with Crippen molar-refractivity contribution >= 4 is 16.8 Å². The number of hydrogen-bond acceptors (Lipinski definition) is 1. The summed E-state index contributed by atoms with van der Waals surface area (Å²) in [6, 6.07) is 0. The SMILES string of the molecule is CC(C)(C)C1CC(C(=O)Cl)C1. The molecular formula is C9H15ClO. The molecule has 0 heterocycles. The molecule has 1 aliphatic carbocycles. The summed E-state index contributed by atoms with van der Waals surface area (Å²) in [6.45, 7) is 6.64. The molecular weight excluding hydrogens is 160 g/mol. The third-order valence-corrected chi connectivity index (χ3v) is 2.99. The van der Waals surface area contributed by atoms with E-state index >= 15 is 0 Å². The van der Waals surface area contributed by atoms with Crippen LogP contribution in [0.1, 0.15) is 33.6 Å². The summed E-state index contributed by atoms with van der Waals surface area (Å²) in [6.07, 6.45) is 1.98. The molecule has 0 aromatic carbocycles. The van der Waals surface area contributed by atoms with Gasteiger partial charge in [0.2, 0.25) is 5.24 Å². The minimum absolute atomic E-state index is 0.148. The zero-order chi connectivity index (χ0) is 8.65. The molecule has 64 valence electrons. The van der Waals surface area contributed by atoms with Gasteiger partial charge in [0.1, 0.15) is 0 Å².